The van der Waals surface area contributed by atoms with E-state index in [4.69, 9.17) is 0 Å². The molecule has 0 saturated carbocycles. The van der Waals surface area contributed by atoms with Gasteiger partial charge in [0, 0.05) is 11.3 Å². The van der Waals surface area contributed by atoms with Gasteiger partial charge >= 0.3 is 0 Å². The number of benzene rings is 2. The Balaban J connectivity index is 1.60. The normalized spacial score (nSPS) is 23.3. The van der Waals surface area contributed by atoms with Gasteiger partial charge in [-0.3, -0.25) is 19.3 Å². The van der Waals surface area contributed by atoms with Crippen LogP contribution in [-0.2, 0) is 9.59 Å². The van der Waals surface area contributed by atoms with Gasteiger partial charge in [-0.2, -0.15) is 0 Å². The zero-order valence-electron chi connectivity index (χ0n) is 16.8. The van der Waals surface area contributed by atoms with Gasteiger partial charge in [0.05, 0.1) is 17.5 Å². The second-order valence-electron chi connectivity index (χ2n) is 8.05. The summed E-state index contributed by atoms with van der Waals surface area (Å²) in [7, 11) is 0. The molecule has 29 heavy (non-hydrogen) atoms. The second-order valence-corrected chi connectivity index (χ2v) is 8.05. The number of fused-ring (bicyclic) bond motifs is 1. The van der Waals surface area contributed by atoms with Gasteiger partial charge in [-0.05, 0) is 67.6 Å². The molecule has 148 valence electrons. The maximum Gasteiger partial charge on any atom is 0.255 e. The quantitative estimate of drug-likeness (QED) is 0.631. The summed E-state index contributed by atoms with van der Waals surface area (Å²) in [4.78, 5) is 39.9. The first-order valence-electron chi connectivity index (χ1n) is 9.89. The molecule has 1 aliphatic carbocycles. The molecule has 0 radical (unpaired) electrons. The third kappa shape index (κ3) is 3.48. The van der Waals surface area contributed by atoms with Crippen molar-refractivity contribution in [2.75, 3.05) is 10.2 Å². The van der Waals surface area contributed by atoms with Gasteiger partial charge in [-0.1, -0.05) is 31.2 Å². The molecule has 2 aliphatic rings. The molecule has 1 aliphatic heterocycles. The number of aryl methyl sites for hydroxylation is 2. The van der Waals surface area contributed by atoms with E-state index in [2.05, 4.69) is 5.32 Å². The first-order chi connectivity index (χ1) is 13.8. The van der Waals surface area contributed by atoms with Gasteiger partial charge in [0.15, 0.2) is 0 Å². The van der Waals surface area contributed by atoms with Gasteiger partial charge in [-0.15, -0.1) is 0 Å². The molecule has 5 heteroatoms. The molecule has 2 aromatic carbocycles. The molecule has 0 unspecified atom stereocenters. The van der Waals surface area contributed by atoms with Crippen LogP contribution in [0.3, 0.4) is 0 Å². The van der Waals surface area contributed by atoms with Crippen molar-refractivity contribution in [1.82, 2.24) is 0 Å². The van der Waals surface area contributed by atoms with E-state index in [-0.39, 0.29) is 35.5 Å². The SMILES string of the molecule is Cc1cc(C)cc(NC(=O)c2cccc(N3C(=O)[C@@H]4[C@H](C)C=CC[C@H]4C3=O)c2)c1. The Labute approximate surface area is 170 Å². The van der Waals surface area contributed by atoms with E-state index in [1.807, 2.05) is 51.1 Å². The number of nitrogens with one attached hydrogen (secondary N) is 1. The van der Waals surface area contributed by atoms with Gasteiger partial charge in [0.25, 0.3) is 5.91 Å². The largest absolute Gasteiger partial charge is 0.322 e. The lowest BCUT2D eigenvalue weighted by Crippen LogP contribution is -2.31. The standard InChI is InChI=1S/C24H24N2O3/c1-14-10-15(2)12-18(11-14)25-22(27)17-7-5-8-19(13-17)26-23(28)20-9-4-6-16(3)21(20)24(26)29/h4-8,10-13,16,20-21H,9H2,1-3H3,(H,25,27)/t16-,20-,21-/m1/s1. The van der Waals surface area contributed by atoms with Crippen molar-refractivity contribution in [3.05, 3.63) is 71.3 Å². The van der Waals surface area contributed by atoms with Crippen LogP contribution in [0.1, 0.15) is 34.8 Å². The Morgan fingerprint density at radius 2 is 1.76 bits per heavy atom. The number of allylic oxidation sites excluding steroid dienone is 2. The average molecular weight is 388 g/mol. The number of hydrogen-bond donors (Lipinski definition) is 1. The smallest absolute Gasteiger partial charge is 0.255 e. The molecular weight excluding hydrogens is 364 g/mol. The lowest BCUT2D eigenvalue weighted by molar-refractivity contribution is -0.122. The van der Waals surface area contributed by atoms with Crippen molar-refractivity contribution in [2.45, 2.75) is 27.2 Å². The highest BCUT2D eigenvalue weighted by Crippen LogP contribution is 2.40. The molecular formula is C24H24N2O3. The molecule has 0 spiro atoms. The van der Waals surface area contributed by atoms with Crippen LogP contribution in [0.4, 0.5) is 11.4 Å². The summed E-state index contributed by atoms with van der Waals surface area (Å²) in [5.74, 6) is -1.23. The summed E-state index contributed by atoms with van der Waals surface area (Å²) in [5, 5.41) is 2.90. The van der Waals surface area contributed by atoms with E-state index in [0.717, 1.165) is 16.8 Å². The van der Waals surface area contributed by atoms with E-state index in [0.29, 0.717) is 17.7 Å². The topological polar surface area (TPSA) is 66.5 Å². The zero-order valence-corrected chi connectivity index (χ0v) is 16.8. The molecule has 1 saturated heterocycles. The lowest BCUT2D eigenvalue weighted by atomic mass is 9.78. The fourth-order valence-electron chi connectivity index (χ4n) is 4.44. The van der Waals surface area contributed by atoms with Crippen molar-refractivity contribution in [1.29, 1.82) is 0 Å². The monoisotopic (exact) mass is 388 g/mol. The van der Waals surface area contributed by atoms with Crippen LogP contribution >= 0.6 is 0 Å². The first kappa shape index (κ1) is 19.1. The first-order valence-corrected chi connectivity index (χ1v) is 9.89. The maximum absolute atomic E-state index is 13.0. The molecule has 0 bridgehead atoms. The van der Waals surface area contributed by atoms with E-state index in [9.17, 15) is 14.4 Å². The minimum absolute atomic E-state index is 0.0336. The minimum atomic E-state index is -0.319. The number of rotatable bonds is 3. The number of anilines is 2. The molecule has 1 N–H and O–H groups in total. The summed E-state index contributed by atoms with van der Waals surface area (Å²) >= 11 is 0. The Hall–Kier alpha value is -3.21. The highest BCUT2D eigenvalue weighted by Gasteiger charge is 2.50. The van der Waals surface area contributed by atoms with Gasteiger partial charge in [0.2, 0.25) is 11.8 Å². The van der Waals surface area contributed by atoms with Crippen LogP contribution in [0.25, 0.3) is 0 Å². The molecule has 4 rings (SSSR count). The lowest BCUT2D eigenvalue weighted by Gasteiger charge is -2.22. The minimum Gasteiger partial charge on any atom is -0.322 e. The Morgan fingerprint density at radius 1 is 1.03 bits per heavy atom. The van der Waals surface area contributed by atoms with Crippen LogP contribution in [0.2, 0.25) is 0 Å². The van der Waals surface area contributed by atoms with Crippen LogP contribution in [0.5, 0.6) is 0 Å². The maximum atomic E-state index is 13.0. The predicted octanol–water partition coefficient (Wildman–Crippen LogP) is 4.26. The third-order valence-corrected chi connectivity index (χ3v) is 5.72. The average Bonchev–Trinajstić information content (AvgIpc) is 2.92. The summed E-state index contributed by atoms with van der Waals surface area (Å²) in [6, 6.07) is 12.6. The molecule has 0 aromatic heterocycles. The van der Waals surface area contributed by atoms with E-state index in [1.54, 1.807) is 24.3 Å². The van der Waals surface area contributed by atoms with Crippen LogP contribution in [0.15, 0.2) is 54.6 Å². The van der Waals surface area contributed by atoms with Crippen molar-refractivity contribution in [2.24, 2.45) is 17.8 Å². The van der Waals surface area contributed by atoms with Crippen LogP contribution in [-0.4, -0.2) is 17.7 Å². The van der Waals surface area contributed by atoms with Crippen LogP contribution in [0, 0.1) is 31.6 Å². The van der Waals surface area contributed by atoms with Crippen molar-refractivity contribution < 1.29 is 14.4 Å². The number of nitrogens with zero attached hydrogens (tertiary/aromatic N) is 1. The Kier molecular flexibility index (Phi) is 4.82. The van der Waals surface area contributed by atoms with Crippen molar-refractivity contribution >= 4 is 29.1 Å². The summed E-state index contributed by atoms with van der Waals surface area (Å²) in [6.07, 6.45) is 4.57. The molecule has 1 heterocycles. The van der Waals surface area contributed by atoms with Gasteiger partial charge < -0.3 is 5.32 Å². The fourth-order valence-corrected chi connectivity index (χ4v) is 4.44. The second kappa shape index (κ2) is 7.32. The van der Waals surface area contributed by atoms with Crippen molar-refractivity contribution in [3.63, 3.8) is 0 Å². The van der Waals surface area contributed by atoms with Gasteiger partial charge in [-0.25, -0.2) is 0 Å². The molecule has 3 amide bonds. The number of carbonyl (C=O) groups is 3. The highest BCUT2D eigenvalue weighted by atomic mass is 16.2. The number of carbonyl (C=O) groups excluding carboxylic acids is 3. The summed E-state index contributed by atoms with van der Waals surface area (Å²) in [5.41, 5.74) is 3.70. The van der Waals surface area contributed by atoms with E-state index >= 15 is 0 Å². The summed E-state index contributed by atoms with van der Waals surface area (Å²) < 4.78 is 0. The fraction of sp³-hybridized carbons (Fsp3) is 0.292. The summed E-state index contributed by atoms with van der Waals surface area (Å²) in [6.45, 7) is 5.92. The molecule has 1 fully saturated rings. The van der Waals surface area contributed by atoms with E-state index < -0.39 is 0 Å². The molecule has 5 nitrogen and oxygen atoms in total. The van der Waals surface area contributed by atoms with E-state index in [1.165, 1.54) is 4.90 Å². The number of amides is 3. The number of hydrogen-bond acceptors (Lipinski definition) is 3. The highest BCUT2D eigenvalue weighted by molar-refractivity contribution is 6.22. The Morgan fingerprint density at radius 3 is 2.45 bits per heavy atom. The van der Waals surface area contributed by atoms with Crippen molar-refractivity contribution in [3.8, 4) is 0 Å². The number of imide groups is 1. The predicted molar refractivity (Wildman–Crippen MR) is 113 cm³/mol. The molecule has 2 aromatic rings. The van der Waals surface area contributed by atoms with Crippen LogP contribution < -0.4 is 10.2 Å². The third-order valence-electron chi connectivity index (χ3n) is 5.72. The Bertz CT molecular complexity index is 1020. The zero-order chi connectivity index (χ0) is 20.7. The van der Waals surface area contributed by atoms with Gasteiger partial charge in [0.1, 0.15) is 0 Å². The molecule has 3 atom stereocenters.